The summed E-state index contributed by atoms with van der Waals surface area (Å²) < 4.78 is 37.9. The van der Waals surface area contributed by atoms with Crippen molar-refractivity contribution in [3.8, 4) is 0 Å². The standard InChI is InChI=1S/C10H13F3N2S/c1-9(14,10(11,12)13)7-5-16-8(15-7)4-6-2-3-6/h5-6H,2-4,14H2,1H3. The van der Waals surface area contributed by atoms with Crippen LogP contribution in [-0.2, 0) is 12.0 Å². The first-order valence-electron chi connectivity index (χ1n) is 5.11. The zero-order valence-electron chi connectivity index (χ0n) is 8.84. The molecule has 90 valence electrons. The molecule has 0 aliphatic heterocycles. The highest BCUT2D eigenvalue weighted by Crippen LogP contribution is 2.38. The minimum Gasteiger partial charge on any atom is -0.313 e. The molecule has 0 bridgehead atoms. The molecule has 1 aromatic rings. The summed E-state index contributed by atoms with van der Waals surface area (Å²) in [4.78, 5) is 4.00. The van der Waals surface area contributed by atoms with Crippen LogP contribution in [0.5, 0.6) is 0 Å². The number of nitrogens with zero attached hydrogens (tertiary/aromatic N) is 1. The van der Waals surface area contributed by atoms with E-state index in [9.17, 15) is 13.2 Å². The Morgan fingerprint density at radius 3 is 2.62 bits per heavy atom. The van der Waals surface area contributed by atoms with Crippen molar-refractivity contribution >= 4 is 11.3 Å². The maximum Gasteiger partial charge on any atom is 0.411 e. The third kappa shape index (κ3) is 2.22. The lowest BCUT2D eigenvalue weighted by atomic mass is 10.00. The van der Waals surface area contributed by atoms with E-state index in [2.05, 4.69) is 4.98 Å². The number of alkyl halides is 3. The molecule has 1 saturated carbocycles. The molecule has 2 rings (SSSR count). The summed E-state index contributed by atoms with van der Waals surface area (Å²) in [6.07, 6.45) is -1.35. The van der Waals surface area contributed by atoms with Crippen LogP contribution in [0.25, 0.3) is 0 Å². The number of hydrogen-bond acceptors (Lipinski definition) is 3. The Morgan fingerprint density at radius 2 is 2.12 bits per heavy atom. The van der Waals surface area contributed by atoms with E-state index in [0.717, 1.165) is 31.2 Å². The maximum absolute atomic E-state index is 12.6. The molecule has 16 heavy (non-hydrogen) atoms. The van der Waals surface area contributed by atoms with Crippen molar-refractivity contribution in [1.82, 2.24) is 4.98 Å². The first-order valence-corrected chi connectivity index (χ1v) is 5.99. The van der Waals surface area contributed by atoms with Crippen molar-refractivity contribution in [2.45, 2.75) is 37.9 Å². The second-order valence-corrected chi connectivity index (χ2v) is 5.42. The molecule has 1 heterocycles. The van der Waals surface area contributed by atoms with Crippen molar-refractivity contribution in [3.05, 3.63) is 16.1 Å². The molecule has 0 radical (unpaired) electrons. The molecule has 2 N–H and O–H groups in total. The summed E-state index contributed by atoms with van der Waals surface area (Å²) in [5.41, 5.74) is 2.88. The van der Waals surface area contributed by atoms with Crippen molar-refractivity contribution in [2.24, 2.45) is 11.7 Å². The zero-order valence-corrected chi connectivity index (χ0v) is 9.66. The van der Waals surface area contributed by atoms with E-state index in [1.165, 1.54) is 16.7 Å². The fourth-order valence-electron chi connectivity index (χ4n) is 1.36. The smallest absolute Gasteiger partial charge is 0.313 e. The molecule has 1 atom stereocenters. The van der Waals surface area contributed by atoms with Crippen molar-refractivity contribution < 1.29 is 13.2 Å². The van der Waals surface area contributed by atoms with Crippen LogP contribution >= 0.6 is 11.3 Å². The van der Waals surface area contributed by atoms with Crippen LogP contribution in [-0.4, -0.2) is 11.2 Å². The Bertz CT molecular complexity index is 380. The van der Waals surface area contributed by atoms with E-state index >= 15 is 0 Å². The van der Waals surface area contributed by atoms with Gasteiger partial charge in [0.15, 0.2) is 5.54 Å². The van der Waals surface area contributed by atoms with Gasteiger partial charge in [0.05, 0.1) is 10.7 Å². The van der Waals surface area contributed by atoms with E-state index in [0.29, 0.717) is 5.92 Å². The van der Waals surface area contributed by atoms with Gasteiger partial charge in [-0.3, -0.25) is 0 Å². The lowest BCUT2D eigenvalue weighted by Crippen LogP contribution is -2.47. The Labute approximate surface area is 95.7 Å². The predicted molar refractivity (Wildman–Crippen MR) is 56.1 cm³/mol. The van der Waals surface area contributed by atoms with Gasteiger partial charge in [-0.15, -0.1) is 11.3 Å². The molecule has 1 aliphatic rings. The van der Waals surface area contributed by atoms with Crippen molar-refractivity contribution in [3.63, 3.8) is 0 Å². The highest BCUT2D eigenvalue weighted by atomic mass is 32.1. The van der Waals surface area contributed by atoms with Gasteiger partial charge in [0, 0.05) is 11.8 Å². The summed E-state index contributed by atoms with van der Waals surface area (Å²) in [7, 11) is 0. The molecule has 2 nitrogen and oxygen atoms in total. The molecule has 1 aliphatic carbocycles. The third-order valence-electron chi connectivity index (χ3n) is 2.83. The first-order chi connectivity index (χ1) is 7.30. The van der Waals surface area contributed by atoms with Crippen LogP contribution in [0.15, 0.2) is 5.38 Å². The topological polar surface area (TPSA) is 38.9 Å². The average Bonchev–Trinajstić information content (AvgIpc) is 2.79. The predicted octanol–water partition coefficient (Wildman–Crippen LogP) is 2.83. The fraction of sp³-hybridized carbons (Fsp3) is 0.700. The number of nitrogens with two attached hydrogens (primary N) is 1. The van der Waals surface area contributed by atoms with Gasteiger partial charge in [0.25, 0.3) is 0 Å². The van der Waals surface area contributed by atoms with E-state index in [-0.39, 0.29) is 5.69 Å². The van der Waals surface area contributed by atoms with Gasteiger partial charge >= 0.3 is 6.18 Å². The van der Waals surface area contributed by atoms with E-state index in [4.69, 9.17) is 5.73 Å². The molecule has 6 heteroatoms. The Balaban J connectivity index is 2.16. The lowest BCUT2D eigenvalue weighted by Gasteiger charge is -2.25. The van der Waals surface area contributed by atoms with Crippen LogP contribution in [0.4, 0.5) is 13.2 Å². The van der Waals surface area contributed by atoms with Gasteiger partial charge in [-0.05, 0) is 25.7 Å². The summed E-state index contributed by atoms with van der Waals surface area (Å²) in [5.74, 6) is 0.619. The molecule has 1 aromatic heterocycles. The number of thiazole rings is 1. The second kappa shape index (κ2) is 3.70. The molecule has 0 saturated heterocycles. The van der Waals surface area contributed by atoms with Gasteiger partial charge in [-0.1, -0.05) is 0 Å². The van der Waals surface area contributed by atoms with Crippen LogP contribution < -0.4 is 5.73 Å². The summed E-state index contributed by atoms with van der Waals surface area (Å²) in [6, 6.07) is 0. The molecular weight excluding hydrogens is 237 g/mol. The van der Waals surface area contributed by atoms with Gasteiger partial charge in [0.2, 0.25) is 0 Å². The van der Waals surface area contributed by atoms with Crippen LogP contribution in [0, 0.1) is 5.92 Å². The molecule has 0 amide bonds. The van der Waals surface area contributed by atoms with Gasteiger partial charge in [-0.2, -0.15) is 13.2 Å². The minimum absolute atomic E-state index is 0.0688. The number of halogens is 3. The zero-order chi connectivity index (χ0) is 12.0. The normalized spacial score (nSPS) is 20.8. The van der Waals surface area contributed by atoms with Crippen LogP contribution in [0.2, 0.25) is 0 Å². The Morgan fingerprint density at radius 1 is 1.50 bits per heavy atom. The van der Waals surface area contributed by atoms with Gasteiger partial charge < -0.3 is 5.73 Å². The highest BCUT2D eigenvalue weighted by Gasteiger charge is 2.51. The number of rotatable bonds is 3. The quantitative estimate of drug-likeness (QED) is 0.896. The molecular formula is C10H13F3N2S. The van der Waals surface area contributed by atoms with Crippen LogP contribution in [0.3, 0.4) is 0 Å². The third-order valence-corrected chi connectivity index (χ3v) is 3.70. The molecule has 1 fully saturated rings. The number of aromatic nitrogens is 1. The summed E-state index contributed by atoms with van der Waals surface area (Å²) in [5, 5.41) is 2.18. The monoisotopic (exact) mass is 250 g/mol. The van der Waals surface area contributed by atoms with Crippen molar-refractivity contribution in [2.75, 3.05) is 0 Å². The average molecular weight is 250 g/mol. The van der Waals surface area contributed by atoms with Gasteiger partial charge in [-0.25, -0.2) is 4.98 Å². The Hall–Kier alpha value is -0.620. The largest absolute Gasteiger partial charge is 0.411 e. The van der Waals surface area contributed by atoms with E-state index < -0.39 is 11.7 Å². The molecule has 0 spiro atoms. The molecule has 1 unspecified atom stereocenters. The molecule has 0 aromatic carbocycles. The SMILES string of the molecule is CC(N)(c1csc(CC2CC2)n1)C(F)(F)F. The number of hydrogen-bond donors (Lipinski definition) is 1. The van der Waals surface area contributed by atoms with Gasteiger partial charge in [0.1, 0.15) is 0 Å². The fourth-order valence-corrected chi connectivity index (χ4v) is 2.39. The first kappa shape index (κ1) is 11.9. The maximum atomic E-state index is 12.6. The lowest BCUT2D eigenvalue weighted by molar-refractivity contribution is -0.185. The highest BCUT2D eigenvalue weighted by molar-refractivity contribution is 7.09. The van der Waals surface area contributed by atoms with Crippen LogP contribution in [0.1, 0.15) is 30.5 Å². The van der Waals surface area contributed by atoms with Crippen molar-refractivity contribution in [1.29, 1.82) is 0 Å². The second-order valence-electron chi connectivity index (χ2n) is 4.47. The summed E-state index contributed by atoms with van der Waals surface area (Å²) in [6.45, 7) is 0.961. The van der Waals surface area contributed by atoms with E-state index in [1.54, 1.807) is 0 Å². The van der Waals surface area contributed by atoms with E-state index in [1.807, 2.05) is 0 Å². The summed E-state index contributed by atoms with van der Waals surface area (Å²) >= 11 is 1.27. The minimum atomic E-state index is -4.46. The Kier molecular flexibility index (Phi) is 2.74.